The summed E-state index contributed by atoms with van der Waals surface area (Å²) in [5, 5.41) is 0. The van der Waals surface area contributed by atoms with E-state index in [2.05, 4.69) is 22.9 Å². The number of nitrogens with two attached hydrogens (primary N) is 1. The van der Waals surface area contributed by atoms with Crippen molar-refractivity contribution in [2.24, 2.45) is 5.73 Å². The first kappa shape index (κ1) is 24.1. The minimum atomic E-state index is -3.38. The summed E-state index contributed by atoms with van der Waals surface area (Å²) in [6, 6.07) is 9.29. The SMILES string of the molecule is Cc1ccc(N(Cc2ccc(C)c(CN3CCN(S(=O)(=O)N(C)C)CC3)c2)C(N)=O)cn1. The van der Waals surface area contributed by atoms with E-state index in [1.54, 1.807) is 20.3 Å². The number of amides is 2. The zero-order chi connectivity index (χ0) is 23.5. The van der Waals surface area contributed by atoms with Crippen molar-refractivity contribution in [3.8, 4) is 0 Å². The lowest BCUT2D eigenvalue weighted by Crippen LogP contribution is -2.51. The Labute approximate surface area is 190 Å². The summed E-state index contributed by atoms with van der Waals surface area (Å²) in [7, 11) is -0.268. The normalized spacial score (nSPS) is 15.8. The quantitative estimate of drug-likeness (QED) is 0.678. The first-order valence-corrected chi connectivity index (χ1v) is 12.0. The lowest BCUT2D eigenvalue weighted by molar-refractivity contribution is 0.177. The number of carbonyl (C=O) groups excluding carboxylic acids is 1. The van der Waals surface area contributed by atoms with E-state index in [-0.39, 0.29) is 0 Å². The molecule has 9 nitrogen and oxygen atoms in total. The molecule has 2 heterocycles. The molecule has 1 fully saturated rings. The molecule has 0 saturated carbocycles. The van der Waals surface area contributed by atoms with E-state index in [4.69, 9.17) is 5.73 Å². The number of piperazine rings is 1. The van der Waals surface area contributed by atoms with E-state index in [9.17, 15) is 13.2 Å². The summed E-state index contributed by atoms with van der Waals surface area (Å²) < 4.78 is 27.4. The number of nitrogens with zero attached hydrogens (tertiary/aromatic N) is 5. The Morgan fingerprint density at radius 1 is 1.09 bits per heavy atom. The van der Waals surface area contributed by atoms with Crippen LogP contribution in [0.3, 0.4) is 0 Å². The summed E-state index contributed by atoms with van der Waals surface area (Å²) in [4.78, 5) is 20.1. The molecule has 0 spiro atoms. The second-order valence-electron chi connectivity index (χ2n) is 8.31. The van der Waals surface area contributed by atoms with Gasteiger partial charge in [-0.15, -0.1) is 0 Å². The van der Waals surface area contributed by atoms with Gasteiger partial charge in [0.15, 0.2) is 0 Å². The molecule has 10 heteroatoms. The van der Waals surface area contributed by atoms with Gasteiger partial charge in [0, 0.05) is 52.5 Å². The molecule has 1 aliphatic heterocycles. The van der Waals surface area contributed by atoms with Crippen LogP contribution in [0.2, 0.25) is 0 Å². The van der Waals surface area contributed by atoms with Gasteiger partial charge in [-0.05, 0) is 42.7 Å². The number of rotatable bonds is 7. The van der Waals surface area contributed by atoms with Crippen LogP contribution in [-0.2, 0) is 23.3 Å². The second kappa shape index (κ2) is 9.95. The Morgan fingerprint density at radius 2 is 1.78 bits per heavy atom. The van der Waals surface area contributed by atoms with E-state index in [1.165, 1.54) is 13.5 Å². The maximum atomic E-state index is 12.3. The highest BCUT2D eigenvalue weighted by Crippen LogP contribution is 2.20. The monoisotopic (exact) mass is 460 g/mol. The van der Waals surface area contributed by atoms with E-state index in [0.29, 0.717) is 38.4 Å². The molecule has 32 heavy (non-hydrogen) atoms. The third kappa shape index (κ3) is 5.63. The molecule has 1 aromatic heterocycles. The highest BCUT2D eigenvalue weighted by atomic mass is 32.2. The zero-order valence-corrected chi connectivity index (χ0v) is 20.0. The minimum absolute atomic E-state index is 0.349. The molecule has 0 unspecified atom stereocenters. The van der Waals surface area contributed by atoms with Crippen LogP contribution in [0.1, 0.15) is 22.4 Å². The van der Waals surface area contributed by atoms with Crippen molar-refractivity contribution in [2.45, 2.75) is 26.9 Å². The van der Waals surface area contributed by atoms with Crippen LogP contribution in [0.15, 0.2) is 36.5 Å². The fraction of sp³-hybridized carbons (Fsp3) is 0.455. The fourth-order valence-electron chi connectivity index (χ4n) is 3.68. The van der Waals surface area contributed by atoms with Gasteiger partial charge in [-0.1, -0.05) is 18.2 Å². The maximum absolute atomic E-state index is 12.3. The Hall–Kier alpha value is -2.53. The predicted octanol–water partition coefficient (Wildman–Crippen LogP) is 1.71. The summed E-state index contributed by atoms with van der Waals surface area (Å²) >= 11 is 0. The molecule has 0 radical (unpaired) electrons. The van der Waals surface area contributed by atoms with Gasteiger partial charge in [0.25, 0.3) is 10.2 Å². The number of anilines is 1. The van der Waals surface area contributed by atoms with Crippen molar-refractivity contribution in [2.75, 3.05) is 45.2 Å². The molecular formula is C22H32N6O3S. The number of urea groups is 1. The number of carbonyl (C=O) groups is 1. The van der Waals surface area contributed by atoms with Gasteiger partial charge in [-0.3, -0.25) is 14.8 Å². The standard InChI is InChI=1S/C22H32N6O3S/c1-17-5-7-19(15-28(22(23)29)21-8-6-18(2)24-14-21)13-20(17)16-26-9-11-27(12-10-26)32(30,31)25(3)4/h5-8,13-14H,9-12,15-16H2,1-4H3,(H2,23,29). The van der Waals surface area contributed by atoms with Gasteiger partial charge in [-0.2, -0.15) is 17.0 Å². The summed E-state index contributed by atoms with van der Waals surface area (Å²) in [6.07, 6.45) is 1.65. The first-order chi connectivity index (χ1) is 15.1. The van der Waals surface area contributed by atoms with Crippen LogP contribution in [0.4, 0.5) is 10.5 Å². The molecule has 1 aliphatic rings. The molecule has 0 atom stereocenters. The number of primary amides is 1. The largest absolute Gasteiger partial charge is 0.351 e. The molecule has 0 aliphatic carbocycles. The Kier molecular flexibility index (Phi) is 7.50. The van der Waals surface area contributed by atoms with Crippen LogP contribution >= 0.6 is 0 Å². The van der Waals surface area contributed by atoms with Crippen molar-refractivity contribution >= 4 is 21.9 Å². The van der Waals surface area contributed by atoms with Gasteiger partial charge in [0.2, 0.25) is 0 Å². The van der Waals surface area contributed by atoms with Gasteiger partial charge < -0.3 is 5.73 Å². The topological polar surface area (TPSA) is 103 Å². The lowest BCUT2D eigenvalue weighted by Gasteiger charge is -2.35. The Morgan fingerprint density at radius 3 is 2.34 bits per heavy atom. The first-order valence-electron chi connectivity index (χ1n) is 10.6. The average Bonchev–Trinajstić information content (AvgIpc) is 2.75. The molecule has 2 N–H and O–H groups in total. The van der Waals surface area contributed by atoms with E-state index < -0.39 is 16.2 Å². The number of aryl methyl sites for hydroxylation is 2. The number of benzene rings is 1. The average molecular weight is 461 g/mol. The summed E-state index contributed by atoms with van der Waals surface area (Å²) in [5.74, 6) is 0. The third-order valence-corrected chi connectivity index (χ3v) is 7.68. The van der Waals surface area contributed by atoms with Gasteiger partial charge in [0.1, 0.15) is 0 Å². The maximum Gasteiger partial charge on any atom is 0.319 e. The molecule has 2 amide bonds. The van der Waals surface area contributed by atoms with Crippen molar-refractivity contribution in [3.05, 3.63) is 58.9 Å². The molecule has 174 valence electrons. The summed E-state index contributed by atoms with van der Waals surface area (Å²) in [6.45, 7) is 7.28. The van der Waals surface area contributed by atoms with Crippen molar-refractivity contribution in [3.63, 3.8) is 0 Å². The van der Waals surface area contributed by atoms with Crippen molar-refractivity contribution in [1.29, 1.82) is 0 Å². The molecular weight excluding hydrogens is 428 g/mol. The molecule has 3 rings (SSSR count). The molecule has 1 aromatic carbocycles. The highest BCUT2D eigenvalue weighted by molar-refractivity contribution is 7.86. The van der Waals surface area contributed by atoms with Crippen molar-refractivity contribution < 1.29 is 13.2 Å². The van der Waals surface area contributed by atoms with Crippen LogP contribution in [0.25, 0.3) is 0 Å². The lowest BCUT2D eigenvalue weighted by atomic mass is 10.0. The number of hydrogen-bond acceptors (Lipinski definition) is 5. The van der Waals surface area contributed by atoms with Crippen molar-refractivity contribution in [1.82, 2.24) is 18.5 Å². The number of pyridine rings is 1. The van der Waals surface area contributed by atoms with Gasteiger partial charge in [0.05, 0.1) is 18.4 Å². The predicted molar refractivity (Wildman–Crippen MR) is 125 cm³/mol. The fourth-order valence-corrected chi connectivity index (χ4v) is 4.77. The molecule has 0 bridgehead atoms. The third-order valence-electron chi connectivity index (χ3n) is 5.74. The highest BCUT2D eigenvalue weighted by Gasteiger charge is 2.28. The van der Waals surface area contributed by atoms with E-state index >= 15 is 0 Å². The second-order valence-corrected chi connectivity index (χ2v) is 10.5. The van der Waals surface area contributed by atoms with Gasteiger partial charge >= 0.3 is 6.03 Å². The zero-order valence-electron chi connectivity index (χ0n) is 19.2. The Balaban J connectivity index is 1.69. The van der Waals surface area contributed by atoms with Gasteiger partial charge in [-0.25, -0.2) is 4.79 Å². The van der Waals surface area contributed by atoms with Crippen LogP contribution in [-0.4, -0.2) is 73.2 Å². The Bertz CT molecular complexity index is 1050. The number of aromatic nitrogens is 1. The van der Waals surface area contributed by atoms with Crippen LogP contribution in [0, 0.1) is 13.8 Å². The van der Waals surface area contributed by atoms with E-state index in [0.717, 1.165) is 28.9 Å². The van der Waals surface area contributed by atoms with Crippen LogP contribution < -0.4 is 10.6 Å². The minimum Gasteiger partial charge on any atom is -0.351 e. The smallest absolute Gasteiger partial charge is 0.319 e. The number of hydrogen-bond donors (Lipinski definition) is 1. The summed E-state index contributed by atoms with van der Waals surface area (Å²) in [5.41, 5.74) is 10.4. The molecule has 2 aromatic rings. The van der Waals surface area contributed by atoms with Crippen LogP contribution in [0.5, 0.6) is 0 Å². The van der Waals surface area contributed by atoms with E-state index in [1.807, 2.05) is 31.2 Å². The molecule has 1 saturated heterocycles.